The van der Waals surface area contributed by atoms with Crippen molar-refractivity contribution < 1.29 is 14.3 Å². The maximum atomic E-state index is 10.8. The van der Waals surface area contributed by atoms with Gasteiger partial charge in [-0.2, -0.15) is 0 Å². The van der Waals surface area contributed by atoms with Crippen LogP contribution in [0.25, 0.3) is 10.9 Å². The molecule has 1 heterocycles. The Morgan fingerprint density at radius 1 is 1.35 bits per heavy atom. The van der Waals surface area contributed by atoms with Crippen molar-refractivity contribution in [3.63, 3.8) is 0 Å². The smallest absolute Gasteiger partial charge is 0.411 e. The first-order valence-electron chi connectivity index (χ1n) is 5.32. The molecule has 0 aliphatic rings. The molecule has 2 aromatic rings. The molecule has 5 nitrogen and oxygen atoms in total. The number of hydrogen-bond donors (Lipinski definition) is 2. The Balaban J connectivity index is 2.52. The van der Waals surface area contributed by atoms with Crippen molar-refractivity contribution in [2.24, 2.45) is 5.73 Å². The van der Waals surface area contributed by atoms with Crippen LogP contribution in [0.2, 0.25) is 0 Å². The van der Waals surface area contributed by atoms with E-state index in [1.165, 1.54) is 0 Å². The van der Waals surface area contributed by atoms with Crippen molar-refractivity contribution in [2.45, 2.75) is 20.0 Å². The Bertz CT molecular complexity index is 546. The summed E-state index contributed by atoms with van der Waals surface area (Å²) < 4.78 is 10.5. The van der Waals surface area contributed by atoms with E-state index in [0.29, 0.717) is 5.75 Å². The van der Waals surface area contributed by atoms with E-state index in [1.807, 2.05) is 38.1 Å². The van der Waals surface area contributed by atoms with E-state index in [4.69, 9.17) is 15.2 Å². The van der Waals surface area contributed by atoms with Crippen molar-refractivity contribution in [3.8, 4) is 11.6 Å². The number of carbonyl (C=O) groups excluding carboxylic acids is 1. The van der Waals surface area contributed by atoms with Gasteiger partial charge in [0.1, 0.15) is 0 Å². The minimum atomic E-state index is -0.870. The van der Waals surface area contributed by atoms with Gasteiger partial charge in [0, 0.05) is 5.39 Å². The number of rotatable bonds is 3. The van der Waals surface area contributed by atoms with Crippen molar-refractivity contribution >= 4 is 17.0 Å². The van der Waals surface area contributed by atoms with Gasteiger partial charge in [-0.1, -0.05) is 12.1 Å². The summed E-state index contributed by atoms with van der Waals surface area (Å²) in [6.07, 6.45) is -0.894. The van der Waals surface area contributed by atoms with Crippen LogP contribution in [-0.4, -0.2) is 17.2 Å². The van der Waals surface area contributed by atoms with Crippen LogP contribution in [-0.2, 0) is 0 Å². The lowest BCUT2D eigenvalue weighted by Crippen LogP contribution is -2.17. The predicted molar refractivity (Wildman–Crippen MR) is 64.3 cm³/mol. The Morgan fingerprint density at radius 3 is 2.71 bits per heavy atom. The number of amides is 1. The molecule has 90 valence electrons. The summed E-state index contributed by atoms with van der Waals surface area (Å²) in [4.78, 5) is 13.8. The molecule has 0 saturated heterocycles. The normalized spacial score (nSPS) is 10.8. The number of ether oxygens (including phenoxy) is 2. The molecule has 0 aliphatic heterocycles. The zero-order chi connectivity index (χ0) is 12.4. The van der Waals surface area contributed by atoms with E-state index < -0.39 is 6.09 Å². The Kier molecular flexibility index (Phi) is 2.91. The van der Waals surface area contributed by atoms with E-state index in [-0.39, 0.29) is 12.0 Å². The monoisotopic (exact) mass is 234 g/mol. The van der Waals surface area contributed by atoms with Crippen LogP contribution < -0.4 is 15.2 Å². The molecule has 3 N–H and O–H groups in total. The van der Waals surface area contributed by atoms with Gasteiger partial charge in [-0.15, -0.1) is 0 Å². The quantitative estimate of drug-likeness (QED) is 0.856. The topological polar surface area (TPSA) is 77.3 Å². The van der Waals surface area contributed by atoms with Gasteiger partial charge in [-0.05, 0) is 26.0 Å². The molecule has 0 spiro atoms. The minimum absolute atomic E-state index is 0.0237. The summed E-state index contributed by atoms with van der Waals surface area (Å²) >= 11 is 0. The molecular formula is C12H14N2O3. The molecule has 0 radical (unpaired) electrons. The van der Waals surface area contributed by atoms with E-state index >= 15 is 0 Å². The van der Waals surface area contributed by atoms with E-state index in [0.717, 1.165) is 10.9 Å². The summed E-state index contributed by atoms with van der Waals surface area (Å²) in [7, 11) is 0. The van der Waals surface area contributed by atoms with Gasteiger partial charge in [-0.3, -0.25) is 0 Å². The molecule has 0 fully saturated rings. The fraction of sp³-hybridized carbons (Fsp3) is 0.250. The van der Waals surface area contributed by atoms with Gasteiger partial charge in [0.25, 0.3) is 0 Å². The van der Waals surface area contributed by atoms with Gasteiger partial charge in [0.15, 0.2) is 5.75 Å². The number of benzene rings is 1. The van der Waals surface area contributed by atoms with Gasteiger partial charge < -0.3 is 20.2 Å². The molecule has 1 aromatic carbocycles. The van der Waals surface area contributed by atoms with Crippen LogP contribution in [0.15, 0.2) is 24.3 Å². The second-order valence-electron chi connectivity index (χ2n) is 3.92. The summed E-state index contributed by atoms with van der Waals surface area (Å²) in [5, 5.41) is 0.859. The number of fused-ring (bicyclic) bond motifs is 1. The Morgan fingerprint density at radius 2 is 2.06 bits per heavy atom. The first-order valence-corrected chi connectivity index (χ1v) is 5.32. The molecule has 0 unspecified atom stereocenters. The summed E-state index contributed by atoms with van der Waals surface area (Å²) in [5.74, 6) is 0.752. The highest BCUT2D eigenvalue weighted by molar-refractivity contribution is 5.90. The van der Waals surface area contributed by atoms with E-state index in [2.05, 4.69) is 4.98 Å². The third-order valence-corrected chi connectivity index (χ3v) is 2.18. The minimum Gasteiger partial charge on any atom is -0.485 e. The molecule has 0 atom stereocenters. The molecule has 0 bridgehead atoms. The van der Waals surface area contributed by atoms with E-state index in [9.17, 15) is 4.79 Å². The Hall–Kier alpha value is -2.17. The predicted octanol–water partition coefficient (Wildman–Crippen LogP) is 2.41. The van der Waals surface area contributed by atoms with Crippen LogP contribution in [0.4, 0.5) is 4.79 Å². The number of nitrogens with one attached hydrogen (secondary N) is 1. The van der Waals surface area contributed by atoms with E-state index in [1.54, 1.807) is 0 Å². The highest BCUT2D eigenvalue weighted by Crippen LogP contribution is 2.36. The summed E-state index contributed by atoms with van der Waals surface area (Å²) in [5.41, 5.74) is 5.84. The third kappa shape index (κ3) is 2.33. The van der Waals surface area contributed by atoms with Crippen molar-refractivity contribution in [3.05, 3.63) is 24.3 Å². The number of H-pyrrole nitrogens is 1. The first-order chi connectivity index (χ1) is 8.08. The molecule has 0 aliphatic carbocycles. The SMILES string of the molecule is CC(C)Oc1c(OC(N)=O)[nH]c2ccccc12. The Labute approximate surface area is 98.5 Å². The molecular weight excluding hydrogens is 220 g/mol. The lowest BCUT2D eigenvalue weighted by molar-refractivity contribution is 0.199. The second-order valence-corrected chi connectivity index (χ2v) is 3.92. The lowest BCUT2D eigenvalue weighted by atomic mass is 10.2. The third-order valence-electron chi connectivity index (χ3n) is 2.18. The number of aromatic nitrogens is 1. The number of primary amides is 1. The number of nitrogens with two attached hydrogens (primary N) is 1. The fourth-order valence-corrected chi connectivity index (χ4v) is 1.62. The number of hydrogen-bond acceptors (Lipinski definition) is 3. The van der Waals surface area contributed by atoms with Crippen LogP contribution >= 0.6 is 0 Å². The summed E-state index contributed by atoms with van der Waals surface area (Å²) in [6.45, 7) is 3.80. The van der Waals surface area contributed by atoms with Crippen LogP contribution in [0.5, 0.6) is 11.6 Å². The molecule has 2 rings (SSSR count). The van der Waals surface area contributed by atoms with Gasteiger partial charge in [0.05, 0.1) is 11.6 Å². The number of carbonyl (C=O) groups is 1. The molecule has 5 heteroatoms. The first kappa shape index (κ1) is 11.3. The largest absolute Gasteiger partial charge is 0.485 e. The zero-order valence-electron chi connectivity index (χ0n) is 9.69. The maximum Gasteiger partial charge on any atom is 0.411 e. The zero-order valence-corrected chi connectivity index (χ0v) is 9.69. The fourth-order valence-electron chi connectivity index (χ4n) is 1.62. The average Bonchev–Trinajstić information content (AvgIpc) is 2.55. The molecule has 1 amide bonds. The van der Waals surface area contributed by atoms with Crippen molar-refractivity contribution in [1.29, 1.82) is 0 Å². The second kappa shape index (κ2) is 4.37. The van der Waals surface area contributed by atoms with Gasteiger partial charge >= 0.3 is 6.09 Å². The standard InChI is InChI=1S/C12H14N2O3/c1-7(2)16-10-8-5-3-4-6-9(8)14-11(10)17-12(13)15/h3-7,14H,1-2H3,(H2,13,15). The molecule has 0 saturated carbocycles. The highest BCUT2D eigenvalue weighted by Gasteiger charge is 2.16. The lowest BCUT2D eigenvalue weighted by Gasteiger charge is -2.10. The number of para-hydroxylation sites is 1. The average molecular weight is 234 g/mol. The van der Waals surface area contributed by atoms with Crippen molar-refractivity contribution in [1.82, 2.24) is 4.98 Å². The van der Waals surface area contributed by atoms with Gasteiger partial charge in [0.2, 0.25) is 5.88 Å². The van der Waals surface area contributed by atoms with Crippen LogP contribution in [0, 0.1) is 0 Å². The highest BCUT2D eigenvalue weighted by atomic mass is 16.6. The van der Waals surface area contributed by atoms with Gasteiger partial charge in [-0.25, -0.2) is 4.79 Å². The van der Waals surface area contributed by atoms with Crippen LogP contribution in [0.3, 0.4) is 0 Å². The van der Waals surface area contributed by atoms with Crippen LogP contribution in [0.1, 0.15) is 13.8 Å². The molecule has 17 heavy (non-hydrogen) atoms. The maximum absolute atomic E-state index is 10.8. The summed E-state index contributed by atoms with van der Waals surface area (Å²) in [6, 6.07) is 7.53. The molecule has 1 aromatic heterocycles. The number of aromatic amines is 1. The van der Waals surface area contributed by atoms with Crippen molar-refractivity contribution in [2.75, 3.05) is 0 Å².